The van der Waals surface area contributed by atoms with Crippen molar-refractivity contribution >= 4 is 5.91 Å². The van der Waals surface area contributed by atoms with Crippen molar-refractivity contribution in [3.8, 4) is 6.07 Å². The highest BCUT2D eigenvalue weighted by molar-refractivity contribution is 5.78. The second kappa shape index (κ2) is 4.97. The number of carbonyl (C=O) groups is 1. The van der Waals surface area contributed by atoms with Gasteiger partial charge in [0.15, 0.2) is 0 Å². The lowest BCUT2D eigenvalue weighted by molar-refractivity contribution is -0.120. The summed E-state index contributed by atoms with van der Waals surface area (Å²) in [6.07, 6.45) is 0.0967. The van der Waals surface area contributed by atoms with Gasteiger partial charge < -0.3 is 5.32 Å². The van der Waals surface area contributed by atoms with Crippen LogP contribution >= 0.6 is 0 Å². The fraction of sp³-hybridized carbons (Fsp3) is 0.200. The van der Waals surface area contributed by atoms with E-state index in [-0.39, 0.29) is 24.7 Å². The van der Waals surface area contributed by atoms with Crippen molar-refractivity contribution in [3.63, 3.8) is 0 Å². The molecule has 0 aliphatic carbocycles. The SMILES string of the molecule is N#CCNC(=O)Cc1cccc(F)c1. The quantitative estimate of drug-likeness (QED) is 0.726. The van der Waals surface area contributed by atoms with Crippen molar-refractivity contribution < 1.29 is 9.18 Å². The Labute approximate surface area is 81.2 Å². The molecule has 3 nitrogen and oxygen atoms in total. The molecule has 0 atom stereocenters. The lowest BCUT2D eigenvalue weighted by atomic mass is 10.1. The Morgan fingerprint density at radius 3 is 3.00 bits per heavy atom. The van der Waals surface area contributed by atoms with Gasteiger partial charge in [-0.15, -0.1) is 0 Å². The van der Waals surface area contributed by atoms with Gasteiger partial charge >= 0.3 is 0 Å². The van der Waals surface area contributed by atoms with E-state index in [4.69, 9.17) is 5.26 Å². The highest BCUT2D eigenvalue weighted by Gasteiger charge is 2.02. The van der Waals surface area contributed by atoms with Crippen LogP contribution in [0.5, 0.6) is 0 Å². The average molecular weight is 192 g/mol. The molecule has 0 aliphatic rings. The molecule has 0 saturated carbocycles. The Bertz CT molecular complexity index is 371. The second-order valence-corrected chi connectivity index (χ2v) is 2.74. The van der Waals surface area contributed by atoms with Crippen LogP contribution in [0.4, 0.5) is 4.39 Å². The summed E-state index contributed by atoms with van der Waals surface area (Å²) < 4.78 is 12.7. The minimum atomic E-state index is -0.365. The zero-order valence-corrected chi connectivity index (χ0v) is 7.46. The first-order chi connectivity index (χ1) is 6.72. The van der Waals surface area contributed by atoms with Crippen molar-refractivity contribution in [2.45, 2.75) is 6.42 Å². The molecule has 0 fully saturated rings. The molecule has 0 radical (unpaired) electrons. The number of benzene rings is 1. The first-order valence-electron chi connectivity index (χ1n) is 4.10. The summed E-state index contributed by atoms with van der Waals surface area (Å²) >= 11 is 0. The average Bonchev–Trinajstić information content (AvgIpc) is 2.15. The van der Waals surface area contributed by atoms with Crippen LogP contribution in [0.15, 0.2) is 24.3 Å². The molecule has 14 heavy (non-hydrogen) atoms. The van der Waals surface area contributed by atoms with E-state index < -0.39 is 0 Å². The molecule has 0 bridgehead atoms. The van der Waals surface area contributed by atoms with Gasteiger partial charge in [-0.3, -0.25) is 4.79 Å². The molecule has 1 aromatic carbocycles. The van der Waals surface area contributed by atoms with Crippen molar-refractivity contribution in [1.82, 2.24) is 5.32 Å². The van der Waals surface area contributed by atoms with E-state index in [0.717, 1.165) is 0 Å². The topological polar surface area (TPSA) is 52.9 Å². The van der Waals surface area contributed by atoms with Crippen molar-refractivity contribution in [2.24, 2.45) is 0 Å². The maximum atomic E-state index is 12.7. The first-order valence-corrected chi connectivity index (χ1v) is 4.10. The van der Waals surface area contributed by atoms with E-state index in [9.17, 15) is 9.18 Å². The van der Waals surface area contributed by atoms with E-state index in [2.05, 4.69) is 5.32 Å². The lowest BCUT2D eigenvalue weighted by Gasteiger charge is -2.00. The van der Waals surface area contributed by atoms with Crippen molar-refractivity contribution in [2.75, 3.05) is 6.54 Å². The number of amides is 1. The van der Waals surface area contributed by atoms with Gasteiger partial charge in [0.1, 0.15) is 12.4 Å². The number of nitriles is 1. The first kappa shape index (κ1) is 10.2. The number of hydrogen-bond donors (Lipinski definition) is 1. The van der Waals surface area contributed by atoms with Gasteiger partial charge in [-0.2, -0.15) is 5.26 Å². The zero-order chi connectivity index (χ0) is 10.4. The molecule has 0 aliphatic heterocycles. The number of carbonyl (C=O) groups excluding carboxylic acids is 1. The van der Waals surface area contributed by atoms with Crippen LogP contribution in [0.2, 0.25) is 0 Å². The summed E-state index contributed by atoms with van der Waals surface area (Å²) in [6.45, 7) is -0.0197. The van der Waals surface area contributed by atoms with E-state index in [1.54, 1.807) is 18.2 Å². The molecule has 72 valence electrons. The summed E-state index contributed by atoms with van der Waals surface area (Å²) in [7, 11) is 0. The molecule has 1 amide bonds. The van der Waals surface area contributed by atoms with Gasteiger partial charge in [0.25, 0.3) is 0 Å². The number of hydrogen-bond acceptors (Lipinski definition) is 2. The maximum absolute atomic E-state index is 12.7. The number of nitrogens with one attached hydrogen (secondary N) is 1. The van der Waals surface area contributed by atoms with Crippen LogP contribution in [0, 0.1) is 17.1 Å². The summed E-state index contributed by atoms with van der Waals surface area (Å²) in [5.41, 5.74) is 0.598. The zero-order valence-electron chi connectivity index (χ0n) is 7.46. The molecule has 0 unspecified atom stereocenters. The van der Waals surface area contributed by atoms with Crippen LogP contribution < -0.4 is 5.32 Å². The molecule has 0 saturated heterocycles. The molecule has 0 spiro atoms. The van der Waals surface area contributed by atoms with Crippen LogP contribution in [0.25, 0.3) is 0 Å². The minimum Gasteiger partial charge on any atom is -0.343 e. The summed E-state index contributed by atoms with van der Waals surface area (Å²) in [5, 5.41) is 10.6. The Morgan fingerprint density at radius 2 is 2.36 bits per heavy atom. The molecule has 0 heterocycles. The van der Waals surface area contributed by atoms with Crippen molar-refractivity contribution in [1.29, 1.82) is 5.26 Å². The van der Waals surface area contributed by atoms with E-state index in [1.165, 1.54) is 12.1 Å². The minimum absolute atomic E-state index is 0.0197. The second-order valence-electron chi connectivity index (χ2n) is 2.74. The third kappa shape index (κ3) is 3.23. The fourth-order valence-corrected chi connectivity index (χ4v) is 1.03. The molecule has 1 aromatic rings. The highest BCUT2D eigenvalue weighted by Crippen LogP contribution is 2.03. The van der Waals surface area contributed by atoms with Crippen molar-refractivity contribution in [3.05, 3.63) is 35.6 Å². The van der Waals surface area contributed by atoms with Gasteiger partial charge in [-0.1, -0.05) is 12.1 Å². The van der Waals surface area contributed by atoms with E-state index >= 15 is 0 Å². The van der Waals surface area contributed by atoms with Gasteiger partial charge in [0, 0.05) is 0 Å². The highest BCUT2D eigenvalue weighted by atomic mass is 19.1. The van der Waals surface area contributed by atoms with Gasteiger partial charge in [0.2, 0.25) is 5.91 Å². The van der Waals surface area contributed by atoms with Gasteiger partial charge in [0.05, 0.1) is 12.5 Å². The predicted octanol–water partition coefficient (Wildman–Crippen LogP) is 1.01. The summed E-state index contributed by atoms with van der Waals surface area (Å²) in [6, 6.07) is 7.61. The largest absolute Gasteiger partial charge is 0.343 e. The van der Waals surface area contributed by atoms with Gasteiger partial charge in [-0.05, 0) is 17.7 Å². The van der Waals surface area contributed by atoms with Crippen LogP contribution in [-0.2, 0) is 11.2 Å². The van der Waals surface area contributed by atoms with Gasteiger partial charge in [-0.25, -0.2) is 4.39 Å². The fourth-order valence-electron chi connectivity index (χ4n) is 1.03. The lowest BCUT2D eigenvalue weighted by Crippen LogP contribution is -2.25. The normalized spacial score (nSPS) is 9.14. The third-order valence-electron chi connectivity index (χ3n) is 1.62. The van der Waals surface area contributed by atoms with Crippen LogP contribution in [0.3, 0.4) is 0 Å². The molecule has 4 heteroatoms. The smallest absolute Gasteiger partial charge is 0.225 e. The Morgan fingerprint density at radius 1 is 1.57 bits per heavy atom. The molecule has 1 N–H and O–H groups in total. The summed E-state index contributed by atoms with van der Waals surface area (Å²) in [5.74, 6) is -0.646. The Hall–Kier alpha value is -1.89. The monoisotopic (exact) mass is 192 g/mol. The molecule has 0 aromatic heterocycles. The Kier molecular flexibility index (Phi) is 3.62. The Balaban J connectivity index is 2.53. The molecule has 1 rings (SSSR count). The van der Waals surface area contributed by atoms with E-state index in [0.29, 0.717) is 5.56 Å². The van der Waals surface area contributed by atoms with Crippen LogP contribution in [0.1, 0.15) is 5.56 Å². The maximum Gasteiger partial charge on any atom is 0.225 e. The number of rotatable bonds is 3. The summed E-state index contributed by atoms with van der Waals surface area (Å²) in [4.78, 5) is 11.1. The molecular weight excluding hydrogens is 183 g/mol. The third-order valence-corrected chi connectivity index (χ3v) is 1.62. The predicted molar refractivity (Wildman–Crippen MR) is 48.7 cm³/mol. The van der Waals surface area contributed by atoms with E-state index in [1.807, 2.05) is 0 Å². The van der Waals surface area contributed by atoms with Crippen LogP contribution in [-0.4, -0.2) is 12.5 Å². The number of nitrogens with zero attached hydrogens (tertiary/aromatic N) is 1. The standard InChI is InChI=1S/C10H9FN2O/c11-9-3-1-2-8(6-9)7-10(14)13-5-4-12/h1-3,6H,5,7H2,(H,13,14). The number of halogens is 1. The molecular formula is C10H9FN2O.